The normalized spacial score (nSPS) is 16.6. The molecule has 1 amide bonds. The van der Waals surface area contributed by atoms with Gasteiger partial charge in [-0.2, -0.15) is 0 Å². The fourth-order valence-electron chi connectivity index (χ4n) is 2.21. The third kappa shape index (κ3) is 3.21. The van der Waals surface area contributed by atoms with Crippen LogP contribution in [-0.4, -0.2) is 55.7 Å². The van der Waals surface area contributed by atoms with E-state index in [1.54, 1.807) is 0 Å². The van der Waals surface area contributed by atoms with Crippen LogP contribution in [0.4, 0.5) is 11.4 Å². The SMILES string of the molecule is O=CNc1ccc(N2CCN(CCO)CC2)cc1. The summed E-state index contributed by atoms with van der Waals surface area (Å²) >= 11 is 0. The fraction of sp³-hybridized carbons (Fsp3) is 0.462. The minimum atomic E-state index is 0.228. The summed E-state index contributed by atoms with van der Waals surface area (Å²) in [6, 6.07) is 7.86. The first kappa shape index (κ1) is 12.9. The summed E-state index contributed by atoms with van der Waals surface area (Å²) in [5.41, 5.74) is 1.99. The van der Waals surface area contributed by atoms with Gasteiger partial charge in [0, 0.05) is 44.1 Å². The fourth-order valence-corrected chi connectivity index (χ4v) is 2.21. The molecule has 1 aromatic carbocycles. The number of piperazine rings is 1. The van der Waals surface area contributed by atoms with Crippen molar-refractivity contribution in [2.75, 3.05) is 49.5 Å². The minimum absolute atomic E-state index is 0.228. The van der Waals surface area contributed by atoms with Gasteiger partial charge in [-0.15, -0.1) is 0 Å². The largest absolute Gasteiger partial charge is 0.395 e. The van der Waals surface area contributed by atoms with E-state index in [9.17, 15) is 4.79 Å². The smallest absolute Gasteiger partial charge is 0.211 e. The van der Waals surface area contributed by atoms with Crippen LogP contribution < -0.4 is 10.2 Å². The van der Waals surface area contributed by atoms with Crippen molar-refractivity contribution in [3.05, 3.63) is 24.3 Å². The molecular formula is C13H19N3O2. The lowest BCUT2D eigenvalue weighted by molar-refractivity contribution is -0.105. The zero-order valence-corrected chi connectivity index (χ0v) is 10.4. The lowest BCUT2D eigenvalue weighted by Crippen LogP contribution is -2.47. The van der Waals surface area contributed by atoms with E-state index >= 15 is 0 Å². The third-order valence-corrected chi connectivity index (χ3v) is 3.25. The van der Waals surface area contributed by atoms with Gasteiger partial charge in [-0.05, 0) is 24.3 Å². The molecule has 0 aliphatic carbocycles. The Balaban J connectivity index is 1.90. The van der Waals surface area contributed by atoms with Gasteiger partial charge in [-0.1, -0.05) is 0 Å². The highest BCUT2D eigenvalue weighted by Crippen LogP contribution is 2.19. The number of benzene rings is 1. The molecule has 2 rings (SSSR count). The monoisotopic (exact) mass is 249 g/mol. The Kier molecular flexibility index (Phi) is 4.55. The van der Waals surface area contributed by atoms with Crippen molar-refractivity contribution in [1.29, 1.82) is 0 Å². The molecule has 0 spiro atoms. The Hall–Kier alpha value is -1.59. The second-order valence-corrected chi connectivity index (χ2v) is 4.36. The van der Waals surface area contributed by atoms with E-state index < -0.39 is 0 Å². The maximum absolute atomic E-state index is 10.3. The molecule has 0 radical (unpaired) electrons. The molecule has 0 unspecified atom stereocenters. The van der Waals surface area contributed by atoms with E-state index in [0.717, 1.165) is 38.4 Å². The average molecular weight is 249 g/mol. The minimum Gasteiger partial charge on any atom is -0.395 e. The number of hydrogen-bond donors (Lipinski definition) is 2. The van der Waals surface area contributed by atoms with Gasteiger partial charge in [-0.3, -0.25) is 9.69 Å². The van der Waals surface area contributed by atoms with Crippen LogP contribution in [0.2, 0.25) is 0 Å². The van der Waals surface area contributed by atoms with Crippen molar-refractivity contribution in [2.24, 2.45) is 0 Å². The summed E-state index contributed by atoms with van der Waals surface area (Å²) in [5.74, 6) is 0. The molecule has 0 atom stereocenters. The Bertz CT molecular complexity index is 372. The van der Waals surface area contributed by atoms with Gasteiger partial charge in [0.05, 0.1) is 6.61 Å². The van der Waals surface area contributed by atoms with E-state index in [1.807, 2.05) is 24.3 Å². The van der Waals surface area contributed by atoms with E-state index in [1.165, 1.54) is 5.69 Å². The number of nitrogens with one attached hydrogen (secondary N) is 1. The van der Waals surface area contributed by atoms with Gasteiger partial charge >= 0.3 is 0 Å². The second kappa shape index (κ2) is 6.37. The zero-order chi connectivity index (χ0) is 12.8. The predicted molar refractivity (Wildman–Crippen MR) is 71.9 cm³/mol. The van der Waals surface area contributed by atoms with Crippen LogP contribution in [0.1, 0.15) is 0 Å². The summed E-state index contributed by atoms with van der Waals surface area (Å²) in [7, 11) is 0. The molecule has 2 N–H and O–H groups in total. The van der Waals surface area contributed by atoms with E-state index in [2.05, 4.69) is 15.1 Å². The van der Waals surface area contributed by atoms with Crippen molar-refractivity contribution in [3.8, 4) is 0 Å². The predicted octanol–water partition coefficient (Wildman–Crippen LogP) is 0.369. The van der Waals surface area contributed by atoms with Gasteiger partial charge in [-0.25, -0.2) is 0 Å². The number of β-amino-alcohol motifs (C(OH)–C–C–N with tert-alkyl or cyclic N) is 1. The van der Waals surface area contributed by atoms with Crippen LogP contribution in [0.5, 0.6) is 0 Å². The number of aliphatic hydroxyl groups excluding tert-OH is 1. The molecular weight excluding hydrogens is 230 g/mol. The summed E-state index contributed by atoms with van der Waals surface area (Å²) < 4.78 is 0. The molecule has 5 heteroatoms. The number of aliphatic hydroxyl groups is 1. The van der Waals surface area contributed by atoms with Gasteiger partial charge in [0.1, 0.15) is 0 Å². The topological polar surface area (TPSA) is 55.8 Å². The molecule has 0 aromatic heterocycles. The first-order valence-corrected chi connectivity index (χ1v) is 6.22. The number of nitrogens with zero attached hydrogens (tertiary/aromatic N) is 2. The van der Waals surface area contributed by atoms with Crippen LogP contribution in [0, 0.1) is 0 Å². The van der Waals surface area contributed by atoms with Crippen molar-refractivity contribution >= 4 is 17.8 Å². The van der Waals surface area contributed by atoms with E-state index in [-0.39, 0.29) is 6.61 Å². The highest BCUT2D eigenvalue weighted by Gasteiger charge is 2.16. The molecule has 0 saturated carbocycles. The molecule has 1 heterocycles. The van der Waals surface area contributed by atoms with Gasteiger partial charge < -0.3 is 15.3 Å². The van der Waals surface area contributed by atoms with E-state index in [0.29, 0.717) is 6.41 Å². The highest BCUT2D eigenvalue weighted by molar-refractivity contribution is 5.72. The Morgan fingerprint density at radius 1 is 1.17 bits per heavy atom. The average Bonchev–Trinajstić information content (AvgIpc) is 2.41. The van der Waals surface area contributed by atoms with Gasteiger partial charge in [0.25, 0.3) is 0 Å². The first-order valence-electron chi connectivity index (χ1n) is 6.22. The first-order chi connectivity index (χ1) is 8.83. The summed E-state index contributed by atoms with van der Waals surface area (Å²) in [6.45, 7) is 4.90. The summed E-state index contributed by atoms with van der Waals surface area (Å²) in [5, 5.41) is 11.5. The molecule has 1 aromatic rings. The number of amides is 1. The van der Waals surface area contributed by atoms with Crippen molar-refractivity contribution in [2.45, 2.75) is 0 Å². The van der Waals surface area contributed by atoms with Crippen molar-refractivity contribution in [3.63, 3.8) is 0 Å². The molecule has 18 heavy (non-hydrogen) atoms. The molecule has 1 aliphatic heterocycles. The standard InChI is InChI=1S/C13H19N3O2/c17-10-9-15-5-7-16(8-6-15)13-3-1-12(2-4-13)14-11-18/h1-4,11,17H,5-10H2,(H,14,18). The lowest BCUT2D eigenvalue weighted by atomic mass is 10.2. The molecule has 1 fully saturated rings. The maximum Gasteiger partial charge on any atom is 0.211 e. The molecule has 98 valence electrons. The lowest BCUT2D eigenvalue weighted by Gasteiger charge is -2.35. The van der Waals surface area contributed by atoms with Crippen molar-refractivity contribution in [1.82, 2.24) is 4.90 Å². The third-order valence-electron chi connectivity index (χ3n) is 3.25. The number of rotatable bonds is 5. The van der Waals surface area contributed by atoms with Crippen LogP contribution in [0.3, 0.4) is 0 Å². The Morgan fingerprint density at radius 2 is 1.83 bits per heavy atom. The quantitative estimate of drug-likeness (QED) is 0.740. The number of anilines is 2. The van der Waals surface area contributed by atoms with Crippen LogP contribution in [0.15, 0.2) is 24.3 Å². The van der Waals surface area contributed by atoms with Gasteiger partial charge in [0.15, 0.2) is 0 Å². The maximum atomic E-state index is 10.3. The molecule has 1 aliphatic rings. The Labute approximate surface area is 107 Å². The van der Waals surface area contributed by atoms with Crippen molar-refractivity contribution < 1.29 is 9.90 Å². The second-order valence-electron chi connectivity index (χ2n) is 4.36. The summed E-state index contributed by atoms with van der Waals surface area (Å²) in [6.07, 6.45) is 0.683. The number of carbonyl (C=O) groups excluding carboxylic acids is 1. The molecule has 1 saturated heterocycles. The van der Waals surface area contributed by atoms with Gasteiger partial charge in [0.2, 0.25) is 6.41 Å². The van der Waals surface area contributed by atoms with E-state index in [4.69, 9.17) is 5.11 Å². The zero-order valence-electron chi connectivity index (χ0n) is 10.4. The van der Waals surface area contributed by atoms with Crippen LogP contribution >= 0.6 is 0 Å². The number of hydrogen-bond acceptors (Lipinski definition) is 4. The molecule has 5 nitrogen and oxygen atoms in total. The summed E-state index contributed by atoms with van der Waals surface area (Å²) in [4.78, 5) is 14.9. The van der Waals surface area contributed by atoms with Crippen LogP contribution in [-0.2, 0) is 4.79 Å². The number of carbonyl (C=O) groups is 1. The Morgan fingerprint density at radius 3 is 2.39 bits per heavy atom. The van der Waals surface area contributed by atoms with Crippen LogP contribution in [0.25, 0.3) is 0 Å². The highest BCUT2D eigenvalue weighted by atomic mass is 16.3. The molecule has 0 bridgehead atoms.